The van der Waals surface area contributed by atoms with Crippen LogP contribution in [0.5, 0.6) is 0 Å². The second-order valence-corrected chi connectivity index (χ2v) is 3.67. The Balaban J connectivity index is 2.32. The Morgan fingerprint density at radius 2 is 1.87 bits per heavy atom. The molecule has 0 fully saturated rings. The molecule has 2 aromatic rings. The molecule has 2 N–H and O–H groups in total. The Kier molecular flexibility index (Phi) is 2.87. The van der Waals surface area contributed by atoms with Crippen molar-refractivity contribution in [1.82, 2.24) is 9.97 Å². The zero-order valence-electron chi connectivity index (χ0n) is 8.04. The minimum absolute atomic E-state index is 0.130. The molecule has 4 heteroatoms. The van der Waals surface area contributed by atoms with Gasteiger partial charge in [-0.1, -0.05) is 30.3 Å². The quantitative estimate of drug-likeness (QED) is 0.757. The maximum atomic E-state index is 5.59. The van der Waals surface area contributed by atoms with E-state index >= 15 is 0 Å². The predicted octanol–water partition coefficient (Wildman–Crippen LogP) is 2.08. The van der Waals surface area contributed by atoms with E-state index in [2.05, 4.69) is 22.6 Å². The largest absolute Gasteiger partial charge is 0.384 e. The number of aromatic nitrogens is 2. The second kappa shape index (κ2) is 4.31. The van der Waals surface area contributed by atoms with Crippen molar-refractivity contribution < 1.29 is 0 Å². The third kappa shape index (κ3) is 2.27. The van der Waals surface area contributed by atoms with Gasteiger partial charge in [0.15, 0.2) is 0 Å². The number of benzene rings is 1. The van der Waals surface area contributed by atoms with Crippen molar-refractivity contribution in [2.45, 2.75) is 5.25 Å². The lowest BCUT2D eigenvalue weighted by molar-refractivity contribution is 0.961. The van der Waals surface area contributed by atoms with E-state index in [1.54, 1.807) is 12.3 Å². The molecule has 0 radical (unpaired) electrons. The van der Waals surface area contributed by atoms with E-state index < -0.39 is 0 Å². The Hall–Kier alpha value is -1.55. The van der Waals surface area contributed by atoms with Gasteiger partial charge in [-0.3, -0.25) is 0 Å². The molecule has 0 aliphatic carbocycles. The summed E-state index contributed by atoms with van der Waals surface area (Å²) in [5, 5.41) is -0.130. The third-order valence-corrected chi connectivity index (χ3v) is 2.58. The van der Waals surface area contributed by atoms with Gasteiger partial charge in [-0.15, -0.1) is 0 Å². The predicted molar refractivity (Wildman–Crippen MR) is 63.7 cm³/mol. The van der Waals surface area contributed by atoms with Gasteiger partial charge in [-0.05, 0) is 11.6 Å². The van der Waals surface area contributed by atoms with Gasteiger partial charge in [0.05, 0.1) is 5.25 Å². The SMILES string of the molecule is Nc1ccnc(C(S)c2ccccc2)n1. The van der Waals surface area contributed by atoms with E-state index in [0.717, 1.165) is 5.56 Å². The Morgan fingerprint density at radius 3 is 2.53 bits per heavy atom. The summed E-state index contributed by atoms with van der Waals surface area (Å²) in [7, 11) is 0. The van der Waals surface area contributed by atoms with Crippen LogP contribution >= 0.6 is 12.6 Å². The third-order valence-electron chi connectivity index (χ3n) is 2.06. The Bertz CT molecular complexity index is 445. The zero-order valence-corrected chi connectivity index (χ0v) is 8.93. The first-order chi connectivity index (χ1) is 7.27. The fraction of sp³-hybridized carbons (Fsp3) is 0.0909. The summed E-state index contributed by atoms with van der Waals surface area (Å²) >= 11 is 4.48. The number of anilines is 1. The van der Waals surface area contributed by atoms with E-state index in [9.17, 15) is 0 Å². The molecule has 0 amide bonds. The molecule has 0 saturated heterocycles. The smallest absolute Gasteiger partial charge is 0.147 e. The lowest BCUT2D eigenvalue weighted by atomic mass is 10.1. The maximum absolute atomic E-state index is 5.59. The molecular formula is C11H11N3S. The fourth-order valence-corrected chi connectivity index (χ4v) is 1.60. The van der Waals surface area contributed by atoms with Crippen LogP contribution in [0.3, 0.4) is 0 Å². The van der Waals surface area contributed by atoms with Gasteiger partial charge in [0.2, 0.25) is 0 Å². The summed E-state index contributed by atoms with van der Waals surface area (Å²) in [5.74, 6) is 1.10. The highest BCUT2D eigenvalue weighted by atomic mass is 32.1. The van der Waals surface area contributed by atoms with Crippen molar-refractivity contribution in [3.05, 3.63) is 54.0 Å². The normalized spacial score (nSPS) is 12.3. The molecule has 76 valence electrons. The van der Waals surface area contributed by atoms with Gasteiger partial charge in [0, 0.05) is 6.20 Å². The highest BCUT2D eigenvalue weighted by molar-refractivity contribution is 7.80. The Morgan fingerprint density at radius 1 is 1.13 bits per heavy atom. The molecule has 1 atom stereocenters. The summed E-state index contributed by atoms with van der Waals surface area (Å²) in [6.45, 7) is 0. The first-order valence-corrected chi connectivity index (χ1v) is 5.10. The topological polar surface area (TPSA) is 51.8 Å². The van der Waals surface area contributed by atoms with Gasteiger partial charge in [-0.25, -0.2) is 9.97 Å². The molecule has 0 aliphatic rings. The van der Waals surface area contributed by atoms with Crippen LogP contribution in [0.15, 0.2) is 42.6 Å². The number of hydrogen-bond donors (Lipinski definition) is 2. The zero-order chi connectivity index (χ0) is 10.7. The minimum atomic E-state index is -0.130. The van der Waals surface area contributed by atoms with Crippen LogP contribution in [-0.2, 0) is 0 Å². The van der Waals surface area contributed by atoms with Crippen LogP contribution < -0.4 is 5.73 Å². The number of nitrogens with two attached hydrogens (primary N) is 1. The summed E-state index contributed by atoms with van der Waals surface area (Å²) in [6, 6.07) is 11.5. The van der Waals surface area contributed by atoms with Crippen molar-refractivity contribution in [3.8, 4) is 0 Å². The Labute approximate surface area is 93.8 Å². The molecule has 0 saturated carbocycles. The lowest BCUT2D eigenvalue weighted by Crippen LogP contribution is -2.02. The maximum Gasteiger partial charge on any atom is 0.147 e. The first-order valence-electron chi connectivity index (χ1n) is 4.59. The second-order valence-electron chi connectivity index (χ2n) is 3.15. The van der Waals surface area contributed by atoms with Gasteiger partial charge >= 0.3 is 0 Å². The highest BCUT2D eigenvalue weighted by Gasteiger charge is 2.11. The molecule has 0 spiro atoms. The van der Waals surface area contributed by atoms with Crippen molar-refractivity contribution in [2.24, 2.45) is 0 Å². The number of nitrogen functional groups attached to an aromatic ring is 1. The molecule has 1 aromatic carbocycles. The van der Waals surface area contributed by atoms with Crippen LogP contribution in [-0.4, -0.2) is 9.97 Å². The lowest BCUT2D eigenvalue weighted by Gasteiger charge is -2.09. The molecule has 1 aromatic heterocycles. The van der Waals surface area contributed by atoms with Gasteiger partial charge in [0.1, 0.15) is 11.6 Å². The number of rotatable bonds is 2. The summed E-state index contributed by atoms with van der Waals surface area (Å²) in [6.07, 6.45) is 1.64. The van der Waals surface area contributed by atoms with E-state index in [1.165, 1.54) is 0 Å². The van der Waals surface area contributed by atoms with Crippen LogP contribution in [0.4, 0.5) is 5.82 Å². The number of hydrogen-bond acceptors (Lipinski definition) is 4. The monoisotopic (exact) mass is 217 g/mol. The van der Waals surface area contributed by atoms with Gasteiger partial charge in [-0.2, -0.15) is 12.6 Å². The standard InChI is InChI=1S/C11H11N3S/c12-9-6-7-13-11(14-9)10(15)8-4-2-1-3-5-8/h1-7,10,15H,(H2,12,13,14). The van der Waals surface area contributed by atoms with E-state index in [-0.39, 0.29) is 5.25 Å². The molecule has 3 nitrogen and oxygen atoms in total. The van der Waals surface area contributed by atoms with Crippen LogP contribution in [0.2, 0.25) is 0 Å². The van der Waals surface area contributed by atoms with Crippen LogP contribution in [0.1, 0.15) is 16.6 Å². The molecule has 1 unspecified atom stereocenters. The minimum Gasteiger partial charge on any atom is -0.384 e. The van der Waals surface area contributed by atoms with Crippen molar-refractivity contribution in [3.63, 3.8) is 0 Å². The molecule has 15 heavy (non-hydrogen) atoms. The summed E-state index contributed by atoms with van der Waals surface area (Å²) in [5.41, 5.74) is 6.65. The summed E-state index contributed by atoms with van der Waals surface area (Å²) in [4.78, 5) is 8.29. The average molecular weight is 217 g/mol. The van der Waals surface area contributed by atoms with E-state index in [0.29, 0.717) is 11.6 Å². The van der Waals surface area contributed by atoms with Crippen molar-refractivity contribution in [2.75, 3.05) is 5.73 Å². The van der Waals surface area contributed by atoms with Crippen LogP contribution in [0.25, 0.3) is 0 Å². The molecular weight excluding hydrogens is 206 g/mol. The highest BCUT2D eigenvalue weighted by Crippen LogP contribution is 2.25. The summed E-state index contributed by atoms with van der Waals surface area (Å²) < 4.78 is 0. The van der Waals surface area contributed by atoms with E-state index in [4.69, 9.17) is 5.73 Å². The van der Waals surface area contributed by atoms with Crippen molar-refractivity contribution in [1.29, 1.82) is 0 Å². The van der Waals surface area contributed by atoms with E-state index in [1.807, 2.05) is 30.3 Å². The fourth-order valence-electron chi connectivity index (χ4n) is 1.30. The van der Waals surface area contributed by atoms with Gasteiger partial charge in [0.25, 0.3) is 0 Å². The average Bonchev–Trinajstić information content (AvgIpc) is 2.29. The number of thiol groups is 1. The molecule has 2 rings (SSSR count). The first kappa shape index (κ1) is 9.98. The van der Waals surface area contributed by atoms with Crippen molar-refractivity contribution >= 4 is 18.4 Å². The molecule has 0 aliphatic heterocycles. The van der Waals surface area contributed by atoms with Gasteiger partial charge < -0.3 is 5.73 Å². The number of nitrogens with zero attached hydrogens (tertiary/aromatic N) is 2. The van der Waals surface area contributed by atoms with Crippen LogP contribution in [0, 0.1) is 0 Å². The molecule has 1 heterocycles. The molecule has 0 bridgehead atoms.